The van der Waals surface area contributed by atoms with Gasteiger partial charge in [0, 0.05) is 18.7 Å². The van der Waals surface area contributed by atoms with Crippen LogP contribution in [0.4, 0.5) is 5.69 Å². The molecule has 0 bridgehead atoms. The Morgan fingerprint density at radius 1 is 1.45 bits per heavy atom. The van der Waals surface area contributed by atoms with Gasteiger partial charge in [-0.3, -0.25) is 14.9 Å². The number of nitro groups is 1. The molecule has 104 valence electrons. The van der Waals surface area contributed by atoms with Gasteiger partial charge in [0.05, 0.1) is 21.8 Å². The molecule has 7 heteroatoms. The molecule has 0 aliphatic carbocycles. The predicted octanol–water partition coefficient (Wildman–Crippen LogP) is 3.08. The molecule has 0 radical (unpaired) electrons. The molecule has 0 aliphatic rings. The van der Waals surface area contributed by atoms with E-state index >= 15 is 0 Å². The maximum absolute atomic E-state index is 11.9. The molecule has 1 aromatic carbocycles. The fraction of sp³-hybridized carbons (Fsp3) is 0.154. The van der Waals surface area contributed by atoms with Crippen LogP contribution in [0.3, 0.4) is 0 Å². The molecular weight excluding hydrogens is 284 g/mol. The number of carbonyl (C=O) groups excluding carboxylic acids is 1. The number of hydrogen-bond donors (Lipinski definition) is 1. The smallest absolute Gasteiger partial charge is 0.270 e. The zero-order valence-electron chi connectivity index (χ0n) is 10.6. The molecule has 0 fully saturated rings. The van der Waals surface area contributed by atoms with Crippen LogP contribution in [0, 0.1) is 17.0 Å². The number of furan rings is 1. The first kappa shape index (κ1) is 14.1. The summed E-state index contributed by atoms with van der Waals surface area (Å²) in [6, 6.07) is 5.69. The second kappa shape index (κ2) is 5.75. The zero-order valence-corrected chi connectivity index (χ0v) is 11.3. The number of hydrogen-bond acceptors (Lipinski definition) is 4. The highest BCUT2D eigenvalue weighted by Gasteiger charge is 2.13. The fourth-order valence-corrected chi connectivity index (χ4v) is 1.93. The van der Waals surface area contributed by atoms with Crippen molar-refractivity contribution in [2.45, 2.75) is 13.5 Å². The fourth-order valence-electron chi connectivity index (χ4n) is 1.68. The van der Waals surface area contributed by atoms with Crippen LogP contribution < -0.4 is 5.32 Å². The summed E-state index contributed by atoms with van der Waals surface area (Å²) in [4.78, 5) is 21.9. The second-order valence-electron chi connectivity index (χ2n) is 4.11. The zero-order chi connectivity index (χ0) is 14.7. The van der Waals surface area contributed by atoms with Gasteiger partial charge in [-0.25, -0.2) is 0 Å². The van der Waals surface area contributed by atoms with Gasteiger partial charge in [-0.2, -0.15) is 0 Å². The molecule has 20 heavy (non-hydrogen) atoms. The maximum Gasteiger partial charge on any atom is 0.270 e. The lowest BCUT2D eigenvalue weighted by Gasteiger charge is -2.06. The molecule has 0 unspecified atom stereocenters. The molecule has 6 nitrogen and oxygen atoms in total. The quantitative estimate of drug-likeness (QED) is 0.693. The highest BCUT2D eigenvalue weighted by molar-refractivity contribution is 6.31. The normalized spacial score (nSPS) is 10.3. The Labute approximate surface area is 119 Å². The lowest BCUT2D eigenvalue weighted by molar-refractivity contribution is -0.384. The van der Waals surface area contributed by atoms with Gasteiger partial charge >= 0.3 is 0 Å². The van der Waals surface area contributed by atoms with E-state index in [4.69, 9.17) is 16.0 Å². The first-order valence-electron chi connectivity index (χ1n) is 5.74. The van der Waals surface area contributed by atoms with Crippen LogP contribution in [-0.4, -0.2) is 10.8 Å². The van der Waals surface area contributed by atoms with Gasteiger partial charge in [0.25, 0.3) is 11.6 Å². The van der Waals surface area contributed by atoms with E-state index in [9.17, 15) is 14.9 Å². The molecule has 1 amide bonds. The molecule has 0 saturated heterocycles. The highest BCUT2D eigenvalue weighted by Crippen LogP contribution is 2.22. The predicted molar refractivity (Wildman–Crippen MR) is 72.7 cm³/mol. The van der Waals surface area contributed by atoms with Crippen molar-refractivity contribution in [3.05, 3.63) is 62.6 Å². The minimum Gasteiger partial charge on any atom is -0.469 e. The number of carbonyl (C=O) groups is 1. The highest BCUT2D eigenvalue weighted by atomic mass is 35.5. The number of aryl methyl sites for hydroxylation is 1. The van der Waals surface area contributed by atoms with Crippen LogP contribution in [0.25, 0.3) is 0 Å². The Morgan fingerprint density at radius 2 is 2.20 bits per heavy atom. The number of nitro benzene ring substituents is 1. The summed E-state index contributed by atoms with van der Waals surface area (Å²) >= 11 is 5.94. The van der Waals surface area contributed by atoms with E-state index in [0.29, 0.717) is 16.9 Å². The Kier molecular flexibility index (Phi) is 4.05. The van der Waals surface area contributed by atoms with Crippen molar-refractivity contribution >= 4 is 23.2 Å². The van der Waals surface area contributed by atoms with Gasteiger partial charge in [-0.1, -0.05) is 11.6 Å². The van der Waals surface area contributed by atoms with Crippen LogP contribution in [-0.2, 0) is 6.54 Å². The van der Waals surface area contributed by atoms with Crippen molar-refractivity contribution < 1.29 is 14.1 Å². The van der Waals surface area contributed by atoms with Crippen LogP contribution in [0.15, 0.2) is 34.9 Å². The van der Waals surface area contributed by atoms with Gasteiger partial charge < -0.3 is 9.73 Å². The van der Waals surface area contributed by atoms with Crippen LogP contribution in [0.2, 0.25) is 5.02 Å². The number of nitrogens with one attached hydrogen (secondary N) is 1. The van der Waals surface area contributed by atoms with Crippen LogP contribution >= 0.6 is 11.6 Å². The second-order valence-corrected chi connectivity index (χ2v) is 4.51. The van der Waals surface area contributed by atoms with Crippen molar-refractivity contribution in [1.82, 2.24) is 5.32 Å². The summed E-state index contributed by atoms with van der Waals surface area (Å²) in [5.41, 5.74) is 0.963. The van der Waals surface area contributed by atoms with E-state index in [-0.39, 0.29) is 23.2 Å². The molecule has 0 atom stereocenters. The average Bonchev–Trinajstić information content (AvgIpc) is 2.83. The Balaban J connectivity index is 2.06. The number of benzene rings is 1. The average molecular weight is 295 g/mol. The van der Waals surface area contributed by atoms with E-state index in [2.05, 4.69) is 5.32 Å². The van der Waals surface area contributed by atoms with E-state index in [0.717, 1.165) is 0 Å². The van der Waals surface area contributed by atoms with Crippen LogP contribution in [0.5, 0.6) is 0 Å². The molecule has 1 N–H and O–H groups in total. The van der Waals surface area contributed by atoms with Gasteiger partial charge in [0.1, 0.15) is 5.76 Å². The van der Waals surface area contributed by atoms with Crippen molar-refractivity contribution in [3.63, 3.8) is 0 Å². The van der Waals surface area contributed by atoms with Crippen molar-refractivity contribution in [3.8, 4) is 0 Å². The molecule has 1 heterocycles. The maximum atomic E-state index is 11.9. The van der Waals surface area contributed by atoms with Gasteiger partial charge in [0.2, 0.25) is 0 Å². The lowest BCUT2D eigenvalue weighted by Crippen LogP contribution is -2.23. The molecule has 1 aromatic heterocycles. The molecule has 2 aromatic rings. The molecule has 0 spiro atoms. The van der Waals surface area contributed by atoms with E-state index in [1.807, 2.05) is 0 Å². The molecule has 2 rings (SSSR count). The minimum absolute atomic E-state index is 0.0873. The van der Waals surface area contributed by atoms with Gasteiger partial charge in [-0.05, 0) is 24.6 Å². The molecule has 0 aliphatic heterocycles. The largest absolute Gasteiger partial charge is 0.469 e. The summed E-state index contributed by atoms with van der Waals surface area (Å²) in [5.74, 6) is 0.239. The topological polar surface area (TPSA) is 85.4 Å². The van der Waals surface area contributed by atoms with E-state index in [1.54, 1.807) is 13.0 Å². The Hall–Kier alpha value is -2.34. The number of rotatable bonds is 4. The monoisotopic (exact) mass is 294 g/mol. The summed E-state index contributed by atoms with van der Waals surface area (Å²) in [6.07, 6.45) is 1.43. The van der Waals surface area contributed by atoms with Crippen LogP contribution in [0.1, 0.15) is 21.7 Å². The first-order valence-corrected chi connectivity index (χ1v) is 6.12. The summed E-state index contributed by atoms with van der Waals surface area (Å²) in [7, 11) is 0. The summed E-state index contributed by atoms with van der Waals surface area (Å²) in [5, 5.41) is 13.5. The number of non-ortho nitro benzene ring substituents is 1. The van der Waals surface area contributed by atoms with E-state index in [1.165, 1.54) is 24.5 Å². The third-order valence-electron chi connectivity index (χ3n) is 2.79. The molecule has 0 saturated carbocycles. The Morgan fingerprint density at radius 3 is 2.75 bits per heavy atom. The third kappa shape index (κ3) is 2.97. The Bertz CT molecular complexity index is 666. The lowest BCUT2D eigenvalue weighted by atomic mass is 10.2. The van der Waals surface area contributed by atoms with E-state index < -0.39 is 4.92 Å². The first-order chi connectivity index (χ1) is 9.49. The number of nitrogens with zero attached hydrogens (tertiary/aromatic N) is 1. The summed E-state index contributed by atoms with van der Waals surface area (Å²) < 4.78 is 5.04. The van der Waals surface area contributed by atoms with Crippen molar-refractivity contribution in [2.75, 3.05) is 0 Å². The van der Waals surface area contributed by atoms with Crippen molar-refractivity contribution in [1.29, 1.82) is 0 Å². The van der Waals surface area contributed by atoms with Gasteiger partial charge in [0.15, 0.2) is 0 Å². The number of amides is 1. The number of halogens is 1. The molecular formula is C13H11ClN2O4. The minimum atomic E-state index is -0.525. The SMILES string of the molecule is Cc1occc1C(=O)NCc1ccc([N+](=O)[O-])cc1Cl. The van der Waals surface area contributed by atoms with Crippen molar-refractivity contribution in [2.24, 2.45) is 0 Å². The summed E-state index contributed by atoms with van der Waals surface area (Å²) in [6.45, 7) is 1.87. The standard InChI is InChI=1S/C13H11ClN2O4/c1-8-11(4-5-20-8)13(17)15-7-9-2-3-10(16(18)19)6-12(9)14/h2-6H,7H2,1H3,(H,15,17). The van der Waals surface area contributed by atoms with Gasteiger partial charge in [-0.15, -0.1) is 0 Å². The third-order valence-corrected chi connectivity index (χ3v) is 3.14.